The molecule has 0 aliphatic heterocycles. The van der Waals surface area contributed by atoms with E-state index in [0.29, 0.717) is 0 Å². The summed E-state index contributed by atoms with van der Waals surface area (Å²) < 4.78 is 59.9. The molecule has 0 aromatic heterocycles. The fourth-order valence-corrected chi connectivity index (χ4v) is 4.09. The summed E-state index contributed by atoms with van der Waals surface area (Å²) in [4.78, 5) is -0.833. The van der Waals surface area contributed by atoms with Crippen LogP contribution in [0.2, 0.25) is 25.1 Å². The molecule has 2 aromatic rings. The van der Waals surface area contributed by atoms with E-state index in [1.807, 2.05) is 0 Å². The second-order valence-corrected chi connectivity index (χ2v) is 9.07. The van der Waals surface area contributed by atoms with Gasteiger partial charge >= 0.3 is 0 Å². The summed E-state index contributed by atoms with van der Waals surface area (Å²) in [7, 11) is -8.62. The summed E-state index contributed by atoms with van der Waals surface area (Å²) in [6.45, 7) is 0. The van der Waals surface area contributed by atoms with Crippen molar-refractivity contribution >= 4 is 78.2 Å². The van der Waals surface area contributed by atoms with E-state index in [0.717, 1.165) is 18.2 Å². The van der Waals surface area contributed by atoms with Gasteiger partial charge in [0.15, 0.2) is 0 Å². The molecule has 2 rings (SSSR count). The summed E-state index contributed by atoms with van der Waals surface area (Å²) in [6, 6.07) is 5.95. The van der Waals surface area contributed by atoms with E-state index in [9.17, 15) is 16.8 Å². The normalized spacial score (nSPS) is 11.6. The molecule has 0 aliphatic rings. The van der Waals surface area contributed by atoms with Gasteiger partial charge in [0, 0.05) is 5.02 Å². The van der Waals surface area contributed by atoms with Gasteiger partial charge in [0.25, 0.3) is 20.2 Å². The SMILES string of the molecule is O=S(=O)(O)c1cc(Cl)c(Cl)cc1Cl.O=S(=O)(O)c1cc(Cl)ccc1Cl. The van der Waals surface area contributed by atoms with Crippen molar-refractivity contribution in [2.24, 2.45) is 0 Å². The standard InChI is InChI=1S/C6H3Cl3O3S.C6H4Cl2O3S/c7-3-1-5(9)6(2-4(3)8)13(10,11)12;7-4-1-2-5(8)6(3-4)12(9,10)11/h1-2H,(H,10,11,12);1-3H,(H,9,10,11). The van der Waals surface area contributed by atoms with Crippen LogP contribution >= 0.6 is 58.0 Å². The average molecular weight is 489 g/mol. The largest absolute Gasteiger partial charge is 0.296 e. The van der Waals surface area contributed by atoms with E-state index >= 15 is 0 Å². The molecule has 0 unspecified atom stereocenters. The van der Waals surface area contributed by atoms with Gasteiger partial charge in [-0.1, -0.05) is 58.0 Å². The van der Waals surface area contributed by atoms with Crippen LogP contribution in [0.1, 0.15) is 0 Å². The molecule has 13 heteroatoms. The molecule has 0 amide bonds. The predicted molar refractivity (Wildman–Crippen MR) is 97.6 cm³/mol. The van der Waals surface area contributed by atoms with E-state index in [1.165, 1.54) is 12.1 Å². The highest BCUT2D eigenvalue weighted by Crippen LogP contribution is 2.31. The number of hydrogen-bond donors (Lipinski definition) is 2. The Kier molecular flexibility index (Phi) is 7.83. The number of benzene rings is 2. The monoisotopic (exact) mass is 486 g/mol. The van der Waals surface area contributed by atoms with Gasteiger partial charge in [0.1, 0.15) is 9.79 Å². The summed E-state index contributed by atoms with van der Waals surface area (Å²) in [5.74, 6) is 0. The van der Waals surface area contributed by atoms with Crippen LogP contribution in [0.25, 0.3) is 0 Å². The Morgan fingerprint density at radius 3 is 1.48 bits per heavy atom. The lowest BCUT2D eigenvalue weighted by molar-refractivity contribution is 0.481. The maximum Gasteiger partial charge on any atom is 0.296 e. The van der Waals surface area contributed by atoms with E-state index in [4.69, 9.17) is 67.1 Å². The zero-order chi connectivity index (χ0) is 19.6. The minimum atomic E-state index is -4.35. The minimum absolute atomic E-state index is 0.0127. The van der Waals surface area contributed by atoms with Crippen molar-refractivity contribution in [3.63, 3.8) is 0 Å². The maximum atomic E-state index is 10.7. The third kappa shape index (κ3) is 6.74. The van der Waals surface area contributed by atoms with Crippen LogP contribution in [0, 0.1) is 0 Å². The minimum Gasteiger partial charge on any atom is -0.282 e. The van der Waals surface area contributed by atoms with Gasteiger partial charge in [-0.05, 0) is 30.3 Å². The molecule has 0 heterocycles. The van der Waals surface area contributed by atoms with Crippen LogP contribution < -0.4 is 0 Å². The van der Waals surface area contributed by atoms with Crippen LogP contribution in [0.15, 0.2) is 40.1 Å². The molecule has 2 aromatic carbocycles. The first-order valence-corrected chi connectivity index (χ1v) is 10.5. The molecule has 0 saturated heterocycles. The average Bonchev–Trinajstić information content (AvgIpc) is 2.44. The second-order valence-electron chi connectivity index (χ2n) is 4.22. The quantitative estimate of drug-likeness (QED) is 0.448. The zero-order valence-electron chi connectivity index (χ0n) is 11.6. The molecule has 0 aliphatic carbocycles. The van der Waals surface area contributed by atoms with Crippen molar-refractivity contribution in [1.82, 2.24) is 0 Å². The Hall–Kier alpha value is -0.290. The third-order valence-electron chi connectivity index (χ3n) is 2.42. The fraction of sp³-hybridized carbons (Fsp3) is 0. The zero-order valence-corrected chi connectivity index (χ0v) is 17.0. The summed E-state index contributed by atoms with van der Waals surface area (Å²) >= 11 is 27.5. The van der Waals surface area contributed by atoms with Gasteiger partial charge in [-0.3, -0.25) is 9.11 Å². The van der Waals surface area contributed by atoms with E-state index in [1.54, 1.807) is 0 Å². The smallest absolute Gasteiger partial charge is 0.282 e. The highest BCUT2D eigenvalue weighted by atomic mass is 35.5. The van der Waals surface area contributed by atoms with Crippen molar-refractivity contribution < 1.29 is 25.9 Å². The highest BCUT2D eigenvalue weighted by molar-refractivity contribution is 7.86. The number of hydrogen-bond acceptors (Lipinski definition) is 4. The van der Waals surface area contributed by atoms with E-state index < -0.39 is 25.1 Å². The Bertz CT molecular complexity index is 1000. The lowest BCUT2D eigenvalue weighted by Gasteiger charge is -2.02. The highest BCUT2D eigenvalue weighted by Gasteiger charge is 2.16. The second kappa shape index (κ2) is 8.60. The lowest BCUT2D eigenvalue weighted by Crippen LogP contribution is -1.98. The number of rotatable bonds is 2. The Balaban J connectivity index is 0.000000251. The predicted octanol–water partition coefficient (Wildman–Crippen LogP) is 5.13. The van der Waals surface area contributed by atoms with Gasteiger partial charge in [0.2, 0.25) is 0 Å². The Labute approximate surface area is 168 Å². The van der Waals surface area contributed by atoms with E-state index in [-0.39, 0.29) is 30.0 Å². The fourth-order valence-electron chi connectivity index (χ4n) is 1.38. The van der Waals surface area contributed by atoms with Crippen LogP contribution in [0.3, 0.4) is 0 Å². The molecule has 0 spiro atoms. The molecule has 0 radical (unpaired) electrons. The van der Waals surface area contributed by atoms with Gasteiger partial charge in [-0.15, -0.1) is 0 Å². The third-order valence-corrected chi connectivity index (χ3v) is 6.03. The van der Waals surface area contributed by atoms with Crippen LogP contribution in [-0.4, -0.2) is 25.9 Å². The molecule has 0 saturated carbocycles. The van der Waals surface area contributed by atoms with Gasteiger partial charge in [-0.25, -0.2) is 0 Å². The first-order valence-electron chi connectivity index (χ1n) is 5.78. The van der Waals surface area contributed by atoms with Gasteiger partial charge in [0.05, 0.1) is 20.1 Å². The van der Waals surface area contributed by atoms with Crippen LogP contribution in [0.5, 0.6) is 0 Å². The molecular formula is C12H7Cl5O6S2. The summed E-state index contributed by atoms with van der Waals surface area (Å²) in [6.07, 6.45) is 0. The Morgan fingerprint density at radius 1 is 0.600 bits per heavy atom. The van der Waals surface area contributed by atoms with Crippen molar-refractivity contribution in [1.29, 1.82) is 0 Å². The van der Waals surface area contributed by atoms with Crippen molar-refractivity contribution in [3.8, 4) is 0 Å². The molecular weight excluding hydrogens is 482 g/mol. The molecule has 138 valence electrons. The van der Waals surface area contributed by atoms with Crippen LogP contribution in [-0.2, 0) is 20.2 Å². The van der Waals surface area contributed by atoms with Crippen LogP contribution in [0.4, 0.5) is 0 Å². The van der Waals surface area contributed by atoms with Gasteiger partial charge < -0.3 is 0 Å². The maximum absolute atomic E-state index is 10.7. The molecule has 0 bridgehead atoms. The van der Waals surface area contributed by atoms with Crippen molar-refractivity contribution in [2.45, 2.75) is 9.79 Å². The molecule has 25 heavy (non-hydrogen) atoms. The summed E-state index contributed by atoms with van der Waals surface area (Å²) in [5.41, 5.74) is 0. The summed E-state index contributed by atoms with van der Waals surface area (Å²) in [5, 5.41) is 0.114. The Morgan fingerprint density at radius 2 is 1.04 bits per heavy atom. The lowest BCUT2D eigenvalue weighted by atomic mass is 10.4. The molecule has 6 nitrogen and oxygen atoms in total. The van der Waals surface area contributed by atoms with Crippen molar-refractivity contribution in [2.75, 3.05) is 0 Å². The first kappa shape index (κ1) is 22.8. The van der Waals surface area contributed by atoms with Gasteiger partial charge in [-0.2, -0.15) is 16.8 Å². The van der Waals surface area contributed by atoms with E-state index in [2.05, 4.69) is 0 Å². The molecule has 2 N–H and O–H groups in total. The van der Waals surface area contributed by atoms with Crippen molar-refractivity contribution in [3.05, 3.63) is 55.4 Å². The first-order chi connectivity index (χ1) is 11.2. The molecule has 0 atom stereocenters. The molecule has 0 fully saturated rings. The topological polar surface area (TPSA) is 109 Å². The number of halogens is 5.